The van der Waals surface area contributed by atoms with Crippen molar-refractivity contribution in [2.75, 3.05) is 18.2 Å². The highest BCUT2D eigenvalue weighted by Gasteiger charge is 2.17. The fourth-order valence-corrected chi connectivity index (χ4v) is 4.42. The number of carbonyl (C=O) groups excluding carboxylic acids is 1. The van der Waals surface area contributed by atoms with Crippen LogP contribution < -0.4 is 10.1 Å². The van der Waals surface area contributed by atoms with E-state index < -0.39 is 0 Å². The fourth-order valence-electron chi connectivity index (χ4n) is 2.99. The quantitative estimate of drug-likeness (QED) is 0.370. The van der Waals surface area contributed by atoms with Gasteiger partial charge in [0.05, 0.1) is 19.4 Å². The maximum Gasteiger partial charge on any atom is 0.236 e. The molecule has 0 saturated carbocycles. The van der Waals surface area contributed by atoms with E-state index in [1.165, 1.54) is 23.1 Å². The molecule has 8 nitrogen and oxygen atoms in total. The molecular weight excluding hydrogens is 444 g/mol. The van der Waals surface area contributed by atoms with Gasteiger partial charge in [-0.2, -0.15) is 0 Å². The monoisotopic (exact) mass is 466 g/mol. The standard InChI is InChI=1S/C22H22N6O2S2/c1-3-19-24-26-21(32-19)23-18(29)14-31-22-27-25-20(16-9-11-17(30-2)12-10-16)28(22)13-15-7-5-4-6-8-15/h4-12H,3,13-14H2,1-2H3,(H,23,26,29). The van der Waals surface area contributed by atoms with Crippen LogP contribution in [0.3, 0.4) is 0 Å². The molecule has 0 unspecified atom stereocenters. The zero-order valence-electron chi connectivity index (χ0n) is 17.7. The number of anilines is 1. The molecule has 0 aliphatic rings. The van der Waals surface area contributed by atoms with Crippen molar-refractivity contribution >= 4 is 34.1 Å². The molecule has 2 heterocycles. The number of carbonyl (C=O) groups is 1. The molecule has 0 bridgehead atoms. The van der Waals surface area contributed by atoms with Gasteiger partial charge in [-0.05, 0) is 36.2 Å². The van der Waals surface area contributed by atoms with Gasteiger partial charge >= 0.3 is 0 Å². The molecule has 2 aromatic carbocycles. The van der Waals surface area contributed by atoms with Gasteiger partial charge in [-0.1, -0.05) is 60.4 Å². The molecule has 1 amide bonds. The first-order chi connectivity index (χ1) is 15.7. The van der Waals surface area contributed by atoms with Gasteiger partial charge in [-0.3, -0.25) is 14.7 Å². The van der Waals surface area contributed by atoms with E-state index in [1.54, 1.807) is 7.11 Å². The van der Waals surface area contributed by atoms with Crippen molar-refractivity contribution in [2.45, 2.75) is 25.0 Å². The van der Waals surface area contributed by atoms with Gasteiger partial charge in [0.15, 0.2) is 11.0 Å². The van der Waals surface area contributed by atoms with Crippen LogP contribution in [0.5, 0.6) is 5.75 Å². The molecular formula is C22H22N6O2S2. The van der Waals surface area contributed by atoms with E-state index >= 15 is 0 Å². The molecule has 0 saturated heterocycles. The highest BCUT2D eigenvalue weighted by molar-refractivity contribution is 7.99. The Kier molecular flexibility index (Phi) is 7.13. The van der Waals surface area contributed by atoms with Crippen molar-refractivity contribution in [2.24, 2.45) is 0 Å². The number of benzene rings is 2. The Balaban J connectivity index is 1.53. The summed E-state index contributed by atoms with van der Waals surface area (Å²) in [4.78, 5) is 12.4. The second-order valence-electron chi connectivity index (χ2n) is 6.80. The zero-order chi connectivity index (χ0) is 22.3. The smallest absolute Gasteiger partial charge is 0.236 e. The largest absolute Gasteiger partial charge is 0.497 e. The Hall–Kier alpha value is -3.24. The molecule has 0 radical (unpaired) electrons. The average Bonchev–Trinajstić information content (AvgIpc) is 3.45. The number of hydrogen-bond acceptors (Lipinski definition) is 8. The van der Waals surface area contributed by atoms with Gasteiger partial charge in [0.1, 0.15) is 10.8 Å². The first kappa shape index (κ1) is 22.0. The Bertz CT molecular complexity index is 1170. The van der Waals surface area contributed by atoms with E-state index in [2.05, 4.69) is 37.8 Å². The lowest BCUT2D eigenvalue weighted by molar-refractivity contribution is -0.113. The fraction of sp³-hybridized carbons (Fsp3) is 0.227. The van der Waals surface area contributed by atoms with Crippen LogP contribution in [0.4, 0.5) is 5.13 Å². The number of hydrogen-bond donors (Lipinski definition) is 1. The molecule has 4 rings (SSSR count). The summed E-state index contributed by atoms with van der Waals surface area (Å²) in [5, 5.41) is 21.7. The van der Waals surface area contributed by atoms with Crippen LogP contribution in [-0.2, 0) is 17.8 Å². The summed E-state index contributed by atoms with van der Waals surface area (Å²) >= 11 is 2.72. The molecule has 2 aromatic heterocycles. The molecule has 10 heteroatoms. The number of aryl methyl sites for hydroxylation is 1. The Labute approximate surface area is 194 Å². The highest BCUT2D eigenvalue weighted by atomic mass is 32.2. The highest BCUT2D eigenvalue weighted by Crippen LogP contribution is 2.27. The third-order valence-corrected chi connectivity index (χ3v) is 6.55. The third kappa shape index (κ3) is 5.32. The average molecular weight is 467 g/mol. The van der Waals surface area contributed by atoms with Crippen LogP contribution in [0.25, 0.3) is 11.4 Å². The second kappa shape index (κ2) is 10.4. The summed E-state index contributed by atoms with van der Waals surface area (Å²) in [6, 6.07) is 17.8. The topological polar surface area (TPSA) is 94.8 Å². The number of methoxy groups -OCH3 is 1. The van der Waals surface area contributed by atoms with E-state index in [0.717, 1.165) is 34.1 Å². The number of aromatic nitrogens is 5. The van der Waals surface area contributed by atoms with Crippen molar-refractivity contribution in [1.29, 1.82) is 0 Å². The van der Waals surface area contributed by atoms with Crippen molar-refractivity contribution in [3.63, 3.8) is 0 Å². The zero-order valence-corrected chi connectivity index (χ0v) is 19.3. The molecule has 0 spiro atoms. The Morgan fingerprint density at radius 2 is 1.84 bits per heavy atom. The molecule has 0 fully saturated rings. The predicted molar refractivity (Wildman–Crippen MR) is 126 cm³/mol. The maximum atomic E-state index is 12.4. The maximum absolute atomic E-state index is 12.4. The first-order valence-corrected chi connectivity index (χ1v) is 11.8. The molecule has 0 atom stereocenters. The van der Waals surface area contributed by atoms with E-state index in [4.69, 9.17) is 4.74 Å². The van der Waals surface area contributed by atoms with Crippen LogP contribution in [0.1, 0.15) is 17.5 Å². The van der Waals surface area contributed by atoms with E-state index in [-0.39, 0.29) is 11.7 Å². The van der Waals surface area contributed by atoms with Crippen LogP contribution >= 0.6 is 23.1 Å². The van der Waals surface area contributed by atoms with E-state index in [9.17, 15) is 4.79 Å². The minimum absolute atomic E-state index is 0.158. The lowest BCUT2D eigenvalue weighted by Gasteiger charge is -2.11. The van der Waals surface area contributed by atoms with Crippen molar-refractivity contribution in [3.05, 3.63) is 65.2 Å². The van der Waals surface area contributed by atoms with Crippen LogP contribution in [-0.4, -0.2) is 43.7 Å². The SMILES string of the molecule is CCc1nnc(NC(=O)CSc2nnc(-c3ccc(OC)cc3)n2Cc2ccccc2)s1. The number of amides is 1. The summed E-state index contributed by atoms with van der Waals surface area (Å²) < 4.78 is 7.28. The molecule has 0 aliphatic heterocycles. The summed E-state index contributed by atoms with van der Waals surface area (Å²) in [5.74, 6) is 1.54. The van der Waals surface area contributed by atoms with Crippen LogP contribution in [0.15, 0.2) is 59.8 Å². The number of thioether (sulfide) groups is 1. The molecule has 0 aliphatic carbocycles. The van der Waals surface area contributed by atoms with Gasteiger partial charge in [-0.15, -0.1) is 20.4 Å². The number of rotatable bonds is 9. The number of ether oxygens (including phenoxy) is 1. The summed E-state index contributed by atoms with van der Waals surface area (Å²) in [6.07, 6.45) is 0.791. The van der Waals surface area contributed by atoms with E-state index in [1.807, 2.05) is 54.0 Å². The lowest BCUT2D eigenvalue weighted by atomic mass is 10.2. The first-order valence-electron chi connectivity index (χ1n) is 10.0. The van der Waals surface area contributed by atoms with Crippen molar-refractivity contribution < 1.29 is 9.53 Å². The normalized spacial score (nSPS) is 10.8. The summed E-state index contributed by atoms with van der Waals surface area (Å²) in [7, 11) is 1.64. The van der Waals surface area contributed by atoms with E-state index in [0.29, 0.717) is 16.8 Å². The van der Waals surface area contributed by atoms with Crippen molar-refractivity contribution in [3.8, 4) is 17.1 Å². The molecule has 4 aromatic rings. The van der Waals surface area contributed by atoms with Gasteiger partial charge in [0.25, 0.3) is 0 Å². The number of nitrogens with zero attached hydrogens (tertiary/aromatic N) is 5. The minimum Gasteiger partial charge on any atom is -0.497 e. The summed E-state index contributed by atoms with van der Waals surface area (Å²) in [6.45, 7) is 2.59. The number of nitrogens with one attached hydrogen (secondary N) is 1. The van der Waals surface area contributed by atoms with Gasteiger partial charge in [0.2, 0.25) is 11.0 Å². The summed E-state index contributed by atoms with van der Waals surface area (Å²) in [5.41, 5.74) is 2.04. The Morgan fingerprint density at radius 3 is 2.53 bits per heavy atom. The third-order valence-electron chi connectivity index (χ3n) is 4.60. The Morgan fingerprint density at radius 1 is 1.06 bits per heavy atom. The van der Waals surface area contributed by atoms with Gasteiger partial charge in [-0.25, -0.2) is 0 Å². The van der Waals surface area contributed by atoms with Crippen LogP contribution in [0.2, 0.25) is 0 Å². The van der Waals surface area contributed by atoms with Gasteiger partial charge in [0, 0.05) is 5.56 Å². The van der Waals surface area contributed by atoms with Crippen molar-refractivity contribution in [1.82, 2.24) is 25.0 Å². The molecule has 164 valence electrons. The van der Waals surface area contributed by atoms with Gasteiger partial charge < -0.3 is 4.74 Å². The molecule has 1 N–H and O–H groups in total. The predicted octanol–water partition coefficient (Wildman–Crippen LogP) is 4.15. The second-order valence-corrected chi connectivity index (χ2v) is 8.80. The van der Waals surface area contributed by atoms with Crippen LogP contribution in [0, 0.1) is 0 Å². The molecule has 32 heavy (non-hydrogen) atoms. The minimum atomic E-state index is -0.158. The lowest BCUT2D eigenvalue weighted by Crippen LogP contribution is -2.14.